The summed E-state index contributed by atoms with van der Waals surface area (Å²) in [7, 11) is -4.48. The van der Waals surface area contributed by atoms with E-state index in [4.69, 9.17) is 0 Å². The van der Waals surface area contributed by atoms with Crippen molar-refractivity contribution >= 4 is 31.6 Å². The molecule has 0 radical (unpaired) electrons. The Labute approximate surface area is 137 Å². The van der Waals surface area contributed by atoms with Gasteiger partial charge in [0.05, 0.1) is 5.69 Å². The van der Waals surface area contributed by atoms with Gasteiger partial charge in [-0.1, -0.05) is 28.1 Å². The minimum atomic E-state index is -5.06. The van der Waals surface area contributed by atoms with Gasteiger partial charge in [0.1, 0.15) is 16.5 Å². The van der Waals surface area contributed by atoms with Crippen LogP contribution in [-0.2, 0) is 10.0 Å². The number of alkyl halides is 3. The molecule has 2 aromatic carbocycles. The predicted molar refractivity (Wildman–Crippen MR) is 78.0 cm³/mol. The molecule has 0 fully saturated rings. The first-order valence-electron chi connectivity index (χ1n) is 5.91. The van der Waals surface area contributed by atoms with Gasteiger partial charge in [0, 0.05) is 4.47 Å². The van der Waals surface area contributed by atoms with Gasteiger partial charge in [-0.3, -0.25) is 4.72 Å². The fraction of sp³-hybridized carbons (Fsp3) is 0.0769. The molecule has 0 aromatic heterocycles. The Balaban J connectivity index is 2.40. The van der Waals surface area contributed by atoms with E-state index in [0.717, 1.165) is 24.3 Å². The summed E-state index contributed by atoms with van der Waals surface area (Å²) in [6.07, 6.45) is -5.06. The fourth-order valence-electron chi connectivity index (χ4n) is 1.65. The second-order valence-corrected chi connectivity index (χ2v) is 6.79. The zero-order chi connectivity index (χ0) is 17.3. The van der Waals surface area contributed by atoms with Crippen molar-refractivity contribution in [1.29, 1.82) is 0 Å². The molecule has 124 valence electrons. The molecular formula is C13H8BrF4NO3S. The Bertz CT molecular complexity index is 824. The zero-order valence-electron chi connectivity index (χ0n) is 11.1. The number of para-hydroxylation sites is 1. The van der Waals surface area contributed by atoms with E-state index in [1.165, 1.54) is 18.2 Å². The highest BCUT2D eigenvalue weighted by atomic mass is 79.9. The van der Waals surface area contributed by atoms with E-state index in [9.17, 15) is 26.0 Å². The van der Waals surface area contributed by atoms with Gasteiger partial charge in [-0.15, -0.1) is 13.2 Å². The van der Waals surface area contributed by atoms with Crippen molar-refractivity contribution in [3.8, 4) is 5.75 Å². The summed E-state index contributed by atoms with van der Waals surface area (Å²) in [5.41, 5.74) is -0.407. The molecule has 2 rings (SSSR count). The zero-order valence-corrected chi connectivity index (χ0v) is 13.5. The lowest BCUT2D eigenvalue weighted by Gasteiger charge is -2.14. The van der Waals surface area contributed by atoms with Gasteiger partial charge in [-0.05, 0) is 30.3 Å². The lowest BCUT2D eigenvalue weighted by Crippen LogP contribution is -2.21. The van der Waals surface area contributed by atoms with Crippen LogP contribution in [0.3, 0.4) is 0 Å². The lowest BCUT2D eigenvalue weighted by molar-refractivity contribution is -0.275. The van der Waals surface area contributed by atoms with Crippen LogP contribution in [0, 0.1) is 5.82 Å². The molecule has 0 saturated heterocycles. The fourth-order valence-corrected chi connectivity index (χ4v) is 3.18. The van der Waals surface area contributed by atoms with Crippen molar-refractivity contribution < 1.29 is 30.7 Å². The number of hydrogen-bond donors (Lipinski definition) is 1. The first-order chi connectivity index (χ1) is 10.6. The Kier molecular flexibility index (Phi) is 4.85. The van der Waals surface area contributed by atoms with E-state index in [1.54, 1.807) is 0 Å². The molecule has 0 heterocycles. The summed E-state index contributed by atoms with van der Waals surface area (Å²) in [5, 5.41) is 0. The molecular weight excluding hydrogens is 406 g/mol. The molecule has 0 unspecified atom stereocenters. The van der Waals surface area contributed by atoms with Crippen molar-refractivity contribution in [2.24, 2.45) is 0 Å². The van der Waals surface area contributed by atoms with Gasteiger partial charge < -0.3 is 4.74 Å². The average molecular weight is 414 g/mol. The number of halogens is 5. The third-order valence-corrected chi connectivity index (χ3v) is 4.44. The molecule has 10 heteroatoms. The maximum absolute atomic E-state index is 13.7. The van der Waals surface area contributed by atoms with Crippen molar-refractivity contribution in [1.82, 2.24) is 0 Å². The summed E-state index contributed by atoms with van der Waals surface area (Å²) in [6, 6.07) is 7.68. The smallest absolute Gasteiger partial charge is 0.404 e. The van der Waals surface area contributed by atoms with Crippen LogP contribution in [0.5, 0.6) is 5.75 Å². The van der Waals surface area contributed by atoms with Crippen LogP contribution in [0.15, 0.2) is 51.8 Å². The SMILES string of the molecule is O=S(=O)(Nc1ccc(Br)cc1F)c1ccccc1OC(F)(F)F. The van der Waals surface area contributed by atoms with Crippen LogP contribution in [0.2, 0.25) is 0 Å². The Hall–Kier alpha value is -1.81. The number of anilines is 1. The number of nitrogens with one attached hydrogen (secondary N) is 1. The van der Waals surface area contributed by atoms with Crippen LogP contribution in [0.4, 0.5) is 23.2 Å². The molecule has 0 aliphatic heterocycles. The molecule has 0 bridgehead atoms. The minimum Gasteiger partial charge on any atom is -0.404 e. The van der Waals surface area contributed by atoms with E-state index in [2.05, 4.69) is 20.7 Å². The van der Waals surface area contributed by atoms with Crippen molar-refractivity contribution in [2.45, 2.75) is 11.3 Å². The van der Waals surface area contributed by atoms with Gasteiger partial charge in [-0.25, -0.2) is 12.8 Å². The van der Waals surface area contributed by atoms with E-state index in [1.807, 2.05) is 4.72 Å². The molecule has 0 atom stereocenters. The highest BCUT2D eigenvalue weighted by molar-refractivity contribution is 9.10. The van der Waals surface area contributed by atoms with Gasteiger partial charge >= 0.3 is 6.36 Å². The van der Waals surface area contributed by atoms with Crippen LogP contribution in [0.25, 0.3) is 0 Å². The van der Waals surface area contributed by atoms with Gasteiger partial charge in [0.25, 0.3) is 10.0 Å². The highest BCUT2D eigenvalue weighted by Gasteiger charge is 2.34. The molecule has 0 aliphatic carbocycles. The van der Waals surface area contributed by atoms with Crippen molar-refractivity contribution in [3.63, 3.8) is 0 Å². The molecule has 0 saturated carbocycles. The summed E-state index contributed by atoms with van der Waals surface area (Å²) in [4.78, 5) is -0.764. The predicted octanol–water partition coefficient (Wildman–Crippen LogP) is 4.29. The van der Waals surface area contributed by atoms with Crippen molar-refractivity contribution in [2.75, 3.05) is 4.72 Å². The maximum atomic E-state index is 13.7. The third kappa shape index (κ3) is 4.58. The average Bonchev–Trinajstić information content (AvgIpc) is 2.40. The van der Waals surface area contributed by atoms with E-state index < -0.39 is 38.5 Å². The monoisotopic (exact) mass is 413 g/mol. The third-order valence-electron chi connectivity index (χ3n) is 2.54. The van der Waals surface area contributed by atoms with Gasteiger partial charge in [-0.2, -0.15) is 0 Å². The largest absolute Gasteiger partial charge is 0.573 e. The maximum Gasteiger partial charge on any atom is 0.573 e. The number of benzene rings is 2. The van der Waals surface area contributed by atoms with Gasteiger partial charge in [0.2, 0.25) is 0 Å². The number of sulfonamides is 1. The highest BCUT2D eigenvalue weighted by Crippen LogP contribution is 2.31. The summed E-state index contributed by atoms with van der Waals surface area (Å²) < 4.78 is 81.1. The Morgan fingerprint density at radius 2 is 1.74 bits per heavy atom. The molecule has 0 spiro atoms. The molecule has 0 amide bonds. The molecule has 1 N–H and O–H groups in total. The number of rotatable bonds is 4. The standard InChI is InChI=1S/C13H8BrF4NO3S/c14-8-5-6-10(9(15)7-8)19-23(20,21)12-4-2-1-3-11(12)22-13(16,17)18/h1-7,19H. The topological polar surface area (TPSA) is 55.4 Å². The minimum absolute atomic E-state index is 0.374. The summed E-state index contributed by atoms with van der Waals surface area (Å²) in [6.45, 7) is 0. The van der Waals surface area contributed by atoms with Crippen LogP contribution < -0.4 is 9.46 Å². The second kappa shape index (κ2) is 6.36. The Morgan fingerprint density at radius 3 is 2.35 bits per heavy atom. The first-order valence-corrected chi connectivity index (χ1v) is 8.19. The van der Waals surface area contributed by atoms with Crippen LogP contribution in [0.1, 0.15) is 0 Å². The van der Waals surface area contributed by atoms with E-state index >= 15 is 0 Å². The van der Waals surface area contributed by atoms with E-state index in [-0.39, 0.29) is 0 Å². The lowest BCUT2D eigenvalue weighted by atomic mass is 10.3. The van der Waals surface area contributed by atoms with Gasteiger partial charge in [0.15, 0.2) is 0 Å². The second-order valence-electron chi connectivity index (χ2n) is 4.22. The molecule has 4 nitrogen and oxygen atoms in total. The first kappa shape index (κ1) is 17.5. The molecule has 2 aromatic rings. The molecule has 0 aliphatic rings. The van der Waals surface area contributed by atoms with Crippen LogP contribution in [-0.4, -0.2) is 14.8 Å². The van der Waals surface area contributed by atoms with Crippen LogP contribution >= 0.6 is 15.9 Å². The molecule has 23 heavy (non-hydrogen) atoms. The number of ether oxygens (including phenoxy) is 1. The summed E-state index contributed by atoms with van der Waals surface area (Å²) in [5.74, 6) is -1.80. The Morgan fingerprint density at radius 1 is 1.09 bits per heavy atom. The normalized spacial score (nSPS) is 12.0. The van der Waals surface area contributed by atoms with E-state index in [0.29, 0.717) is 4.47 Å². The summed E-state index contributed by atoms with van der Waals surface area (Å²) >= 11 is 3.00. The number of hydrogen-bond acceptors (Lipinski definition) is 3. The van der Waals surface area contributed by atoms with Crippen molar-refractivity contribution in [3.05, 3.63) is 52.8 Å². The quantitative estimate of drug-likeness (QED) is 0.760.